The summed E-state index contributed by atoms with van der Waals surface area (Å²) in [5.41, 5.74) is 0. The Balaban J connectivity index is 3.70. The van der Waals surface area contributed by atoms with Gasteiger partial charge in [-0.3, -0.25) is 0 Å². The van der Waals surface area contributed by atoms with E-state index in [2.05, 4.69) is 39.7 Å². The molecule has 0 rings (SSSR count). The second-order valence-corrected chi connectivity index (χ2v) is 16.7. The minimum absolute atomic E-state index is 0.749. The van der Waals surface area contributed by atoms with Gasteiger partial charge in [0.2, 0.25) is 0 Å². The van der Waals surface area contributed by atoms with Gasteiger partial charge in [0.25, 0.3) is 0 Å². The molecule has 0 amide bonds. The minimum Gasteiger partial charge on any atom is -0.0696 e. The van der Waals surface area contributed by atoms with Gasteiger partial charge in [-0.05, 0) is 0 Å². The molecular formula is C9H24Si2. The monoisotopic (exact) mass is 188 g/mol. The molecule has 0 aliphatic carbocycles. The van der Waals surface area contributed by atoms with Crippen LogP contribution in [0.15, 0.2) is 0 Å². The van der Waals surface area contributed by atoms with E-state index in [1.807, 2.05) is 0 Å². The second-order valence-electron chi connectivity index (χ2n) is 5.58. The molecule has 0 spiro atoms. The molecule has 0 aliphatic heterocycles. The fourth-order valence-electron chi connectivity index (χ4n) is 0.890. The third-order valence-corrected chi connectivity index (χ3v) is 8.28. The van der Waals surface area contributed by atoms with Crippen molar-refractivity contribution in [1.82, 2.24) is 0 Å². The van der Waals surface area contributed by atoms with Gasteiger partial charge < -0.3 is 0 Å². The summed E-state index contributed by atoms with van der Waals surface area (Å²) in [6.45, 7) is 14.8. The Hall–Kier alpha value is 0.434. The third kappa shape index (κ3) is 6.82. The fraction of sp³-hybridized carbons (Fsp3) is 1.00. The van der Waals surface area contributed by atoms with E-state index in [9.17, 15) is 0 Å². The minimum atomic E-state index is -0.752. The first-order chi connectivity index (χ1) is 4.77. The molecule has 0 atom stereocenters. The highest BCUT2D eigenvalue weighted by Gasteiger charge is 2.22. The lowest BCUT2D eigenvalue weighted by molar-refractivity contribution is 1.21. The zero-order chi connectivity index (χ0) is 9.12. The summed E-state index contributed by atoms with van der Waals surface area (Å²) in [6.07, 6.45) is 0. The van der Waals surface area contributed by atoms with Gasteiger partial charge in [-0.1, -0.05) is 57.8 Å². The molecule has 0 radical (unpaired) electrons. The quantitative estimate of drug-likeness (QED) is 0.584. The van der Waals surface area contributed by atoms with E-state index in [-0.39, 0.29) is 0 Å². The second kappa shape index (κ2) is 3.90. The zero-order valence-electron chi connectivity index (χ0n) is 9.12. The van der Waals surface area contributed by atoms with E-state index in [1.54, 1.807) is 12.1 Å². The van der Waals surface area contributed by atoms with E-state index in [0.29, 0.717) is 0 Å². The van der Waals surface area contributed by atoms with Crippen molar-refractivity contribution in [3.8, 4) is 0 Å². The van der Waals surface area contributed by atoms with Crippen molar-refractivity contribution in [2.75, 3.05) is 0 Å². The summed E-state index contributed by atoms with van der Waals surface area (Å²) in [7, 11) is -1.50. The Bertz CT molecular complexity index is 111. The highest BCUT2D eigenvalue weighted by molar-refractivity contribution is 6.81. The Labute approximate surface area is 74.4 Å². The van der Waals surface area contributed by atoms with E-state index in [0.717, 1.165) is 0 Å². The Morgan fingerprint density at radius 2 is 1.27 bits per heavy atom. The predicted octanol–water partition coefficient (Wildman–Crippen LogP) is 4.05. The number of hydrogen-bond donors (Lipinski definition) is 0. The van der Waals surface area contributed by atoms with Crippen LogP contribution in [0, 0.1) is 0 Å². The number of hydrogen-bond acceptors (Lipinski definition) is 0. The van der Waals surface area contributed by atoms with Crippen LogP contribution in [-0.4, -0.2) is 16.1 Å². The molecule has 0 aromatic heterocycles. The maximum absolute atomic E-state index is 2.52. The number of rotatable bonds is 4. The lowest BCUT2D eigenvalue weighted by Gasteiger charge is -2.24. The van der Waals surface area contributed by atoms with Gasteiger partial charge in [0.05, 0.1) is 0 Å². The van der Waals surface area contributed by atoms with Crippen molar-refractivity contribution in [3.05, 3.63) is 0 Å². The van der Waals surface area contributed by atoms with Crippen LogP contribution >= 0.6 is 0 Å². The zero-order valence-corrected chi connectivity index (χ0v) is 11.1. The van der Waals surface area contributed by atoms with Crippen molar-refractivity contribution >= 4 is 16.1 Å². The predicted molar refractivity (Wildman–Crippen MR) is 60.9 cm³/mol. The van der Waals surface area contributed by atoms with Crippen molar-refractivity contribution in [2.45, 2.75) is 57.8 Å². The molecule has 0 fully saturated rings. The molecule has 0 nitrogen and oxygen atoms in total. The van der Waals surface area contributed by atoms with Crippen LogP contribution in [0.5, 0.6) is 0 Å². The Kier molecular flexibility index (Phi) is 4.05. The van der Waals surface area contributed by atoms with Gasteiger partial charge >= 0.3 is 0 Å². The average molecular weight is 188 g/mol. The largest absolute Gasteiger partial charge is 0.0696 e. The molecule has 0 unspecified atom stereocenters. The van der Waals surface area contributed by atoms with Gasteiger partial charge in [-0.15, -0.1) is 0 Å². The highest BCUT2D eigenvalue weighted by atomic mass is 28.3. The van der Waals surface area contributed by atoms with Crippen molar-refractivity contribution in [2.24, 2.45) is 0 Å². The summed E-state index contributed by atoms with van der Waals surface area (Å²) >= 11 is 0. The lowest BCUT2D eigenvalue weighted by atomic mass is 10.9. The molecule has 0 aromatic carbocycles. The molecule has 0 N–H and O–H groups in total. The van der Waals surface area contributed by atoms with Crippen LogP contribution in [0.2, 0.25) is 50.9 Å². The maximum Gasteiger partial charge on any atom is 0.0468 e. The van der Waals surface area contributed by atoms with E-state index in [1.165, 1.54) is 6.04 Å². The molecule has 0 aliphatic rings. The smallest absolute Gasteiger partial charge is 0.0468 e. The summed E-state index contributed by atoms with van der Waals surface area (Å²) in [5, 5.41) is 0. The van der Waals surface area contributed by atoms with Gasteiger partial charge in [-0.2, -0.15) is 0 Å². The van der Waals surface area contributed by atoms with Crippen molar-refractivity contribution < 1.29 is 0 Å². The Morgan fingerprint density at radius 3 is 1.55 bits per heavy atom. The van der Waals surface area contributed by atoms with Crippen molar-refractivity contribution in [3.63, 3.8) is 0 Å². The first-order valence-electron chi connectivity index (χ1n) is 4.77. The summed E-state index contributed by atoms with van der Waals surface area (Å²) < 4.78 is 0. The summed E-state index contributed by atoms with van der Waals surface area (Å²) in [6, 6.07) is 4.55. The van der Waals surface area contributed by atoms with E-state index in [4.69, 9.17) is 0 Å². The highest BCUT2D eigenvalue weighted by Crippen LogP contribution is 2.22. The molecule has 11 heavy (non-hydrogen) atoms. The van der Waals surface area contributed by atoms with E-state index < -0.39 is 16.1 Å². The van der Waals surface area contributed by atoms with Gasteiger partial charge in [-0.25, -0.2) is 0 Å². The van der Waals surface area contributed by atoms with Crippen LogP contribution in [0.3, 0.4) is 0 Å². The lowest BCUT2D eigenvalue weighted by Crippen LogP contribution is -2.29. The molecule has 68 valence electrons. The van der Waals surface area contributed by atoms with Crippen LogP contribution in [0.25, 0.3) is 0 Å². The maximum atomic E-state index is 2.52. The average Bonchev–Trinajstić information content (AvgIpc) is 1.83. The van der Waals surface area contributed by atoms with Gasteiger partial charge in [0, 0.05) is 16.1 Å². The fourth-order valence-corrected chi connectivity index (χ4v) is 6.95. The van der Waals surface area contributed by atoms with Gasteiger partial charge in [0.15, 0.2) is 0 Å². The molecular weight excluding hydrogens is 164 g/mol. The molecule has 0 saturated carbocycles. The first kappa shape index (κ1) is 11.4. The van der Waals surface area contributed by atoms with Crippen LogP contribution < -0.4 is 0 Å². The molecule has 0 heterocycles. The first-order valence-corrected chi connectivity index (χ1v) is 11.9. The van der Waals surface area contributed by atoms with E-state index >= 15 is 0 Å². The molecule has 2 heteroatoms. The molecule has 0 bridgehead atoms. The van der Waals surface area contributed by atoms with Crippen LogP contribution in [0.4, 0.5) is 0 Å². The van der Waals surface area contributed by atoms with Gasteiger partial charge in [0.1, 0.15) is 0 Å². The van der Waals surface area contributed by atoms with Crippen LogP contribution in [0.1, 0.15) is 6.92 Å². The Morgan fingerprint density at radius 1 is 0.818 bits per heavy atom. The van der Waals surface area contributed by atoms with Crippen LogP contribution in [-0.2, 0) is 0 Å². The molecule has 0 aromatic rings. The third-order valence-electron chi connectivity index (χ3n) is 2.51. The standard InChI is InChI=1S/C9H24Si2/c1-7-11(5,6)9-8-10(2,3)4/h7-9H2,1-6H3. The summed E-state index contributed by atoms with van der Waals surface area (Å²) in [5.74, 6) is 0. The normalized spacial score (nSPS) is 13.6. The summed E-state index contributed by atoms with van der Waals surface area (Å²) in [4.78, 5) is 0. The SMILES string of the molecule is CC[Si](C)(C)CC[Si](C)(C)C. The molecule has 0 saturated heterocycles. The topological polar surface area (TPSA) is 0 Å². The van der Waals surface area contributed by atoms with Crippen molar-refractivity contribution in [1.29, 1.82) is 0 Å².